The van der Waals surface area contributed by atoms with Crippen LogP contribution in [0.3, 0.4) is 0 Å². The van der Waals surface area contributed by atoms with E-state index in [1.165, 1.54) is 0 Å². The summed E-state index contributed by atoms with van der Waals surface area (Å²) in [6.07, 6.45) is 4.49. The molecule has 0 radical (unpaired) electrons. The number of hydrogen-bond donors (Lipinski definition) is 1. The van der Waals surface area contributed by atoms with Crippen LogP contribution in [0.25, 0.3) is 43.6 Å². The van der Waals surface area contributed by atoms with Crippen molar-refractivity contribution < 1.29 is 9.84 Å². The minimum absolute atomic E-state index is 0.0757. The average Bonchev–Trinajstić information content (AvgIpc) is 3.30. The van der Waals surface area contributed by atoms with Gasteiger partial charge >= 0.3 is 0 Å². The van der Waals surface area contributed by atoms with E-state index >= 15 is 0 Å². The first kappa shape index (κ1) is 18.9. The minimum atomic E-state index is -0.182. The number of nitrogens with zero attached hydrogens (tertiary/aromatic N) is 3. The largest absolute Gasteiger partial charge is 0.507 e. The Hall–Kier alpha value is -3.88. The second kappa shape index (κ2) is 7.37. The molecule has 5 heteroatoms. The van der Waals surface area contributed by atoms with Crippen LogP contribution in [-0.4, -0.2) is 21.5 Å². The van der Waals surface area contributed by atoms with E-state index < -0.39 is 0 Å². The monoisotopic (exact) mass is 419 g/mol. The lowest BCUT2D eigenvalue weighted by atomic mass is 9.93. The van der Waals surface area contributed by atoms with Crippen molar-refractivity contribution in [3.8, 4) is 23.1 Å². The lowest BCUT2D eigenvalue weighted by molar-refractivity contribution is -0.0383. The highest BCUT2D eigenvalue weighted by Gasteiger charge is 2.24. The number of fused-ring (bicyclic) bond motifs is 3. The molecule has 1 aliphatic heterocycles. The summed E-state index contributed by atoms with van der Waals surface area (Å²) in [4.78, 5) is 0. The number of phenols is 1. The van der Waals surface area contributed by atoms with Gasteiger partial charge in [0, 0.05) is 18.2 Å². The molecule has 0 aliphatic carbocycles. The Morgan fingerprint density at radius 1 is 0.938 bits per heavy atom. The maximum atomic E-state index is 11.0. The van der Waals surface area contributed by atoms with E-state index in [9.17, 15) is 10.4 Å². The lowest BCUT2D eigenvalue weighted by Gasteiger charge is -2.25. The number of hydrogen-bond acceptors (Lipinski definition) is 4. The Kier molecular flexibility index (Phi) is 4.34. The van der Waals surface area contributed by atoms with Gasteiger partial charge in [-0.3, -0.25) is 0 Å². The lowest BCUT2D eigenvalue weighted by Crippen LogP contribution is -2.20. The van der Waals surface area contributed by atoms with Crippen LogP contribution < -0.4 is 0 Å². The Balaban J connectivity index is 1.60. The Labute approximate surface area is 185 Å². The quantitative estimate of drug-likeness (QED) is 0.342. The molecule has 1 aliphatic rings. The van der Waals surface area contributed by atoms with Gasteiger partial charge in [0.2, 0.25) is 0 Å². The first-order chi connectivity index (χ1) is 15.7. The molecule has 5 aromatic rings. The van der Waals surface area contributed by atoms with Crippen molar-refractivity contribution >= 4 is 32.3 Å². The van der Waals surface area contributed by atoms with Crippen molar-refractivity contribution in [2.24, 2.45) is 0 Å². The third-order valence-corrected chi connectivity index (χ3v) is 6.41. The van der Waals surface area contributed by atoms with Crippen molar-refractivity contribution in [1.29, 1.82) is 5.26 Å². The molecular weight excluding hydrogens is 398 g/mol. The van der Waals surface area contributed by atoms with E-state index in [2.05, 4.69) is 41.5 Å². The molecule has 4 aromatic carbocycles. The van der Waals surface area contributed by atoms with Crippen LogP contribution in [0.5, 0.6) is 5.75 Å². The molecule has 1 aromatic heterocycles. The first-order valence-corrected chi connectivity index (χ1v) is 10.9. The predicted octanol–water partition coefficient (Wildman–Crippen LogP) is 6.29. The molecule has 1 atom stereocenters. The van der Waals surface area contributed by atoms with E-state index in [4.69, 9.17) is 4.74 Å². The standard InChI is InChI=1S/C27H21N3O2/c28-16-23-22-14-20-12-18-6-2-1-5-17(18)11-19(20)13-21(22)15-25(31)27(23)24-8-9-29-30(24)26-7-3-4-10-32-26/h1-2,5-6,8-9,11-15,26,31H,3-4,7,10H2. The van der Waals surface area contributed by atoms with E-state index in [0.29, 0.717) is 23.4 Å². The summed E-state index contributed by atoms with van der Waals surface area (Å²) in [7, 11) is 0. The highest BCUT2D eigenvalue weighted by Crippen LogP contribution is 2.41. The predicted molar refractivity (Wildman–Crippen MR) is 125 cm³/mol. The van der Waals surface area contributed by atoms with Crippen molar-refractivity contribution in [2.45, 2.75) is 25.5 Å². The van der Waals surface area contributed by atoms with Crippen LogP contribution >= 0.6 is 0 Å². The van der Waals surface area contributed by atoms with Crippen molar-refractivity contribution in [3.63, 3.8) is 0 Å². The first-order valence-electron chi connectivity index (χ1n) is 10.9. The van der Waals surface area contributed by atoms with Crippen LogP contribution in [0.1, 0.15) is 31.1 Å². The molecule has 0 amide bonds. The zero-order chi connectivity index (χ0) is 21.7. The molecule has 6 rings (SSSR count). The zero-order valence-corrected chi connectivity index (χ0v) is 17.5. The smallest absolute Gasteiger partial charge is 0.150 e. The second-order valence-corrected chi connectivity index (χ2v) is 8.36. The van der Waals surface area contributed by atoms with Gasteiger partial charge in [-0.25, -0.2) is 4.68 Å². The summed E-state index contributed by atoms with van der Waals surface area (Å²) in [5, 5.41) is 31.8. The fraction of sp³-hybridized carbons (Fsp3) is 0.185. The SMILES string of the molecule is N#Cc1c(-c2ccnn2C2CCCCO2)c(O)cc2cc3cc4ccccc4cc3cc12. The van der Waals surface area contributed by atoms with Gasteiger partial charge in [-0.2, -0.15) is 10.4 Å². The highest BCUT2D eigenvalue weighted by atomic mass is 16.5. The Morgan fingerprint density at radius 3 is 2.41 bits per heavy atom. The molecule has 1 fully saturated rings. The van der Waals surface area contributed by atoms with Gasteiger partial charge in [-0.1, -0.05) is 24.3 Å². The number of rotatable bonds is 2. The van der Waals surface area contributed by atoms with E-state index in [1.807, 2.05) is 24.3 Å². The summed E-state index contributed by atoms with van der Waals surface area (Å²) in [6.45, 7) is 0.693. The third kappa shape index (κ3) is 2.92. The molecular formula is C27H21N3O2. The molecule has 2 heterocycles. The molecule has 5 nitrogen and oxygen atoms in total. The van der Waals surface area contributed by atoms with Crippen LogP contribution in [0.4, 0.5) is 0 Å². The van der Waals surface area contributed by atoms with Crippen LogP contribution in [0, 0.1) is 11.3 Å². The van der Waals surface area contributed by atoms with Crippen LogP contribution in [0.15, 0.2) is 66.9 Å². The second-order valence-electron chi connectivity index (χ2n) is 8.36. The van der Waals surface area contributed by atoms with Gasteiger partial charge in [-0.15, -0.1) is 0 Å². The number of ether oxygens (including phenoxy) is 1. The van der Waals surface area contributed by atoms with Crippen LogP contribution in [-0.2, 0) is 4.74 Å². The summed E-state index contributed by atoms with van der Waals surface area (Å²) >= 11 is 0. The molecule has 1 saturated heterocycles. The maximum Gasteiger partial charge on any atom is 0.150 e. The average molecular weight is 419 g/mol. The van der Waals surface area contributed by atoms with Gasteiger partial charge in [-0.05, 0) is 82.6 Å². The van der Waals surface area contributed by atoms with Gasteiger partial charge in [0.25, 0.3) is 0 Å². The summed E-state index contributed by atoms with van der Waals surface area (Å²) in [5.41, 5.74) is 1.66. The Morgan fingerprint density at radius 2 is 1.69 bits per heavy atom. The number of benzene rings is 4. The topological polar surface area (TPSA) is 71.1 Å². The van der Waals surface area contributed by atoms with Gasteiger partial charge < -0.3 is 9.84 Å². The molecule has 0 saturated carbocycles. The van der Waals surface area contributed by atoms with Crippen LogP contribution in [0.2, 0.25) is 0 Å². The summed E-state index contributed by atoms with van der Waals surface area (Å²) in [6, 6.07) is 22.6. The molecule has 0 bridgehead atoms. The van der Waals surface area contributed by atoms with Crippen molar-refractivity contribution in [2.75, 3.05) is 6.61 Å². The van der Waals surface area contributed by atoms with Gasteiger partial charge in [0.05, 0.1) is 16.8 Å². The number of aromatic nitrogens is 2. The minimum Gasteiger partial charge on any atom is -0.507 e. The normalized spacial score (nSPS) is 16.5. The third-order valence-electron chi connectivity index (χ3n) is 6.41. The van der Waals surface area contributed by atoms with E-state index in [1.54, 1.807) is 16.9 Å². The van der Waals surface area contributed by atoms with Crippen molar-refractivity contribution in [3.05, 3.63) is 72.4 Å². The molecule has 32 heavy (non-hydrogen) atoms. The van der Waals surface area contributed by atoms with Gasteiger partial charge in [0.15, 0.2) is 6.23 Å². The van der Waals surface area contributed by atoms with E-state index in [0.717, 1.165) is 51.6 Å². The zero-order valence-electron chi connectivity index (χ0n) is 17.5. The summed E-state index contributed by atoms with van der Waals surface area (Å²) in [5.74, 6) is 0.0757. The highest BCUT2D eigenvalue weighted by molar-refractivity contribution is 6.08. The van der Waals surface area contributed by atoms with Gasteiger partial charge in [0.1, 0.15) is 11.8 Å². The fourth-order valence-corrected chi connectivity index (χ4v) is 4.86. The maximum absolute atomic E-state index is 11.0. The fourth-order valence-electron chi connectivity index (χ4n) is 4.86. The molecule has 0 spiro atoms. The van der Waals surface area contributed by atoms with Crippen molar-refractivity contribution in [1.82, 2.24) is 9.78 Å². The Bertz CT molecular complexity index is 1540. The molecule has 1 unspecified atom stereocenters. The number of aromatic hydroxyl groups is 1. The summed E-state index contributed by atoms with van der Waals surface area (Å²) < 4.78 is 7.72. The molecule has 156 valence electrons. The molecule has 1 N–H and O–H groups in total. The number of nitriles is 1. The van der Waals surface area contributed by atoms with E-state index in [-0.39, 0.29) is 12.0 Å². The number of phenolic OH excluding ortho intramolecular Hbond substituents is 1.